The van der Waals surface area contributed by atoms with E-state index in [2.05, 4.69) is 41.2 Å². The largest absolute Gasteiger partial charge is 0.485 e. The first-order valence-corrected chi connectivity index (χ1v) is 19.5. The number of carbonyl (C=O) groups excluding carboxylic acids is 2. The molecule has 0 saturated carbocycles. The van der Waals surface area contributed by atoms with Crippen molar-refractivity contribution < 1.29 is 47.5 Å². The summed E-state index contributed by atoms with van der Waals surface area (Å²) >= 11 is 3.18. The number of halogens is 1. The van der Waals surface area contributed by atoms with Crippen LogP contribution in [0.4, 0.5) is 15.5 Å². The number of hydrogen-bond donors (Lipinski definition) is 2. The van der Waals surface area contributed by atoms with E-state index in [9.17, 15) is 9.59 Å². The molecule has 0 bridgehead atoms. The molecule has 0 radical (unpaired) electrons. The quantitative estimate of drug-likeness (QED) is 0.201. The molecule has 2 aliphatic rings. The number of hydrogen-bond acceptors (Lipinski definition) is 17. The molecule has 2 saturated heterocycles. The van der Waals surface area contributed by atoms with Crippen LogP contribution in [0.2, 0.25) is 0 Å². The van der Waals surface area contributed by atoms with Gasteiger partial charge >= 0.3 is 12.2 Å². The number of ether oxygens (including phenoxy) is 8. The van der Waals surface area contributed by atoms with E-state index in [1.165, 1.54) is 6.92 Å². The van der Waals surface area contributed by atoms with Crippen molar-refractivity contribution >= 4 is 34.1 Å². The maximum Gasteiger partial charge on any atom is 0.410 e. The normalized spacial score (nSPS) is 18.8. The van der Waals surface area contributed by atoms with Gasteiger partial charge in [-0.15, -0.1) is 0 Å². The second-order valence-electron chi connectivity index (χ2n) is 15.0. The molecule has 2 aromatic rings. The fraction of sp³-hybridized carbons (Fsp3) is 0.711. The van der Waals surface area contributed by atoms with E-state index in [4.69, 9.17) is 48.9 Å². The monoisotopic (exact) mass is 885 g/mol. The van der Waals surface area contributed by atoms with Crippen LogP contribution in [-0.4, -0.2) is 145 Å². The number of aromatic nitrogens is 4. The number of nitrogens with zero attached hydrogens (tertiary/aromatic N) is 7. The summed E-state index contributed by atoms with van der Waals surface area (Å²) in [4.78, 5) is 44.3. The highest BCUT2D eigenvalue weighted by molar-refractivity contribution is 9.10. The average Bonchev–Trinajstić information content (AvgIpc) is 3.71. The number of nitriles is 1. The van der Waals surface area contributed by atoms with Gasteiger partial charge in [-0.25, -0.2) is 29.5 Å². The van der Waals surface area contributed by atoms with Crippen LogP contribution >= 0.6 is 15.9 Å². The van der Waals surface area contributed by atoms with Gasteiger partial charge in [0, 0.05) is 66.8 Å². The molecule has 2 aromatic heterocycles. The van der Waals surface area contributed by atoms with Crippen molar-refractivity contribution in [1.29, 1.82) is 5.26 Å². The van der Waals surface area contributed by atoms with Crippen molar-refractivity contribution in [2.75, 3.05) is 59.9 Å². The highest BCUT2D eigenvalue weighted by atomic mass is 79.9. The molecule has 0 spiro atoms. The molecule has 19 nitrogen and oxygen atoms in total. The first-order chi connectivity index (χ1) is 27.2. The highest BCUT2D eigenvalue weighted by Crippen LogP contribution is 2.26. The van der Waals surface area contributed by atoms with Gasteiger partial charge in [-0.1, -0.05) is 0 Å². The molecular weight excluding hydrogens is 822 g/mol. The molecule has 0 aliphatic carbocycles. The van der Waals surface area contributed by atoms with Crippen molar-refractivity contribution in [1.82, 2.24) is 29.7 Å². The highest BCUT2D eigenvalue weighted by Gasteiger charge is 2.37. The Morgan fingerprint density at radius 3 is 1.47 bits per heavy atom. The van der Waals surface area contributed by atoms with Gasteiger partial charge in [-0.2, -0.15) is 5.26 Å². The smallest absolute Gasteiger partial charge is 0.410 e. The lowest BCUT2D eigenvalue weighted by atomic mass is 10.2. The summed E-state index contributed by atoms with van der Waals surface area (Å²) in [5.41, 5.74) is 4.14. The molecule has 58 heavy (non-hydrogen) atoms. The van der Waals surface area contributed by atoms with Crippen LogP contribution in [0, 0.1) is 11.3 Å². The molecule has 2 fully saturated rings. The van der Waals surface area contributed by atoms with Crippen molar-refractivity contribution in [2.45, 2.75) is 123 Å². The van der Waals surface area contributed by atoms with E-state index in [1.807, 2.05) is 55.4 Å². The summed E-state index contributed by atoms with van der Waals surface area (Å²) in [6.45, 7) is 18.4. The Labute approximate surface area is 351 Å². The second kappa shape index (κ2) is 26.1. The molecule has 20 heteroatoms. The SMILES string of the molecule is CC#N.COC(CN)OC.COC(CNc1ncc(O[C@@H]2C[C@H](C)N(C(=O)OC(C)(C)C)C2)cn1)OC.C[C@H]1CC(Oc2cnc(Br)nc2)CN1C(=O)OC(C)(C)C. The minimum atomic E-state index is -0.517. The van der Waals surface area contributed by atoms with E-state index < -0.39 is 11.2 Å². The Bertz CT molecular complexity index is 1490. The summed E-state index contributed by atoms with van der Waals surface area (Å²) in [6.07, 6.45) is 6.49. The van der Waals surface area contributed by atoms with Gasteiger partial charge in [0.15, 0.2) is 28.8 Å². The van der Waals surface area contributed by atoms with Gasteiger partial charge in [0.05, 0.1) is 50.5 Å². The lowest BCUT2D eigenvalue weighted by molar-refractivity contribution is -0.0940. The number of likely N-dealkylation sites (tertiary alicyclic amines) is 2. The minimum Gasteiger partial charge on any atom is -0.485 e. The zero-order valence-corrected chi connectivity index (χ0v) is 37.8. The lowest BCUT2D eigenvalue weighted by Crippen LogP contribution is -2.39. The number of anilines is 1. The summed E-state index contributed by atoms with van der Waals surface area (Å²) in [6, 6.07) is 1.88. The van der Waals surface area contributed by atoms with Crippen LogP contribution < -0.4 is 20.5 Å². The standard InChI is InChI=1S/C18H30N4O5.C14H20BrN3O3.C4H11NO2.C2H3N/c1-12-7-13(11-22(12)17(23)27-18(2,3)4)26-14-8-19-16(20-9-14)21-10-15(24-5)25-6;1-9-5-10(20-11-6-16-12(15)17-7-11)8-18(9)13(19)21-14(2,3)4;1-6-4(3-5)7-2;1-2-3/h8-9,12-13,15H,7,10-11H2,1-6H3,(H,19,20,21);6-7,9-10H,5,8H2,1-4H3;4H,3,5H2,1-2H3;1H3/t12-,13+;9-,10?;;/m00../s1. The molecule has 4 rings (SSSR count). The minimum absolute atomic E-state index is 0.0479. The van der Waals surface area contributed by atoms with Crippen molar-refractivity contribution in [2.24, 2.45) is 5.73 Å². The maximum absolute atomic E-state index is 12.3. The number of carbonyl (C=O) groups is 2. The second-order valence-corrected chi connectivity index (χ2v) is 15.7. The lowest BCUT2D eigenvalue weighted by Gasteiger charge is -2.26. The van der Waals surface area contributed by atoms with Crippen molar-refractivity contribution in [3.05, 3.63) is 29.5 Å². The van der Waals surface area contributed by atoms with E-state index in [0.29, 0.717) is 48.4 Å². The number of amides is 2. The Balaban J connectivity index is 0.000000479. The number of methoxy groups -OCH3 is 4. The summed E-state index contributed by atoms with van der Waals surface area (Å²) in [5, 5.41) is 10.3. The predicted octanol–water partition coefficient (Wildman–Crippen LogP) is 5.39. The van der Waals surface area contributed by atoms with Crippen molar-refractivity contribution in [3.8, 4) is 17.6 Å². The molecular formula is C38H64BrN9O10. The number of rotatable bonds is 12. The molecule has 2 aliphatic heterocycles. The summed E-state index contributed by atoms with van der Waals surface area (Å²) in [7, 11) is 6.25. The molecule has 4 heterocycles. The maximum atomic E-state index is 12.3. The first-order valence-electron chi connectivity index (χ1n) is 18.7. The Morgan fingerprint density at radius 1 is 0.793 bits per heavy atom. The Morgan fingerprint density at radius 2 is 1.16 bits per heavy atom. The third kappa shape index (κ3) is 20.5. The van der Waals surface area contributed by atoms with Gasteiger partial charge in [0.2, 0.25) is 5.95 Å². The third-order valence-electron chi connectivity index (χ3n) is 7.83. The Hall–Kier alpha value is -4.13. The predicted molar refractivity (Wildman–Crippen MR) is 219 cm³/mol. The van der Waals surface area contributed by atoms with Gasteiger partial charge in [0.25, 0.3) is 0 Å². The van der Waals surface area contributed by atoms with Gasteiger partial charge in [-0.3, -0.25) is 0 Å². The number of nitrogens with one attached hydrogen (secondary N) is 1. The zero-order valence-electron chi connectivity index (χ0n) is 36.2. The number of nitrogens with two attached hydrogens (primary N) is 1. The van der Waals surface area contributed by atoms with Gasteiger partial charge in [0.1, 0.15) is 23.4 Å². The van der Waals surface area contributed by atoms with E-state index in [1.54, 1.807) is 69.1 Å². The van der Waals surface area contributed by atoms with Crippen LogP contribution in [-0.2, 0) is 28.4 Å². The van der Waals surface area contributed by atoms with E-state index in [0.717, 1.165) is 12.8 Å². The van der Waals surface area contributed by atoms with Crippen LogP contribution in [0.5, 0.6) is 11.5 Å². The van der Waals surface area contributed by atoms with Gasteiger partial charge < -0.3 is 58.7 Å². The first kappa shape index (κ1) is 51.9. The van der Waals surface area contributed by atoms with Crippen LogP contribution in [0.3, 0.4) is 0 Å². The molecule has 1 unspecified atom stereocenters. The van der Waals surface area contributed by atoms with Gasteiger partial charge in [-0.05, 0) is 71.3 Å². The topological polar surface area (TPSA) is 228 Å². The molecule has 3 N–H and O–H groups in total. The molecule has 4 atom stereocenters. The van der Waals surface area contributed by atoms with E-state index in [-0.39, 0.29) is 49.1 Å². The molecule has 0 aromatic carbocycles. The van der Waals surface area contributed by atoms with Crippen molar-refractivity contribution in [3.63, 3.8) is 0 Å². The van der Waals surface area contributed by atoms with E-state index >= 15 is 0 Å². The zero-order chi connectivity index (χ0) is 44.1. The molecule has 328 valence electrons. The molecule has 2 amide bonds. The summed E-state index contributed by atoms with van der Waals surface area (Å²) in [5.74, 6) is 1.61. The third-order valence-corrected chi connectivity index (χ3v) is 8.24. The average molecular weight is 887 g/mol. The van der Waals surface area contributed by atoms with Crippen LogP contribution in [0.25, 0.3) is 0 Å². The summed E-state index contributed by atoms with van der Waals surface area (Å²) < 4.78 is 42.7. The van der Waals surface area contributed by atoms with Crippen LogP contribution in [0.1, 0.15) is 75.2 Å². The fourth-order valence-corrected chi connectivity index (χ4v) is 5.43. The Kier molecular flexibility index (Phi) is 23.3. The van der Waals surface area contributed by atoms with Crippen LogP contribution in [0.15, 0.2) is 29.5 Å². The fourth-order valence-electron chi connectivity index (χ4n) is 5.22.